The van der Waals surface area contributed by atoms with Gasteiger partial charge < -0.3 is 16.4 Å². The lowest BCUT2D eigenvalue weighted by Gasteiger charge is -2.03. The zero-order chi connectivity index (χ0) is 14.5. The lowest BCUT2D eigenvalue weighted by Crippen LogP contribution is -2.22. The number of aromatic nitrogens is 2. The molecule has 0 saturated carbocycles. The number of carbonyl (C=O) groups is 1. The molecule has 0 fully saturated rings. The molecule has 2 heterocycles. The molecule has 0 aromatic carbocycles. The van der Waals surface area contributed by atoms with E-state index in [9.17, 15) is 4.79 Å². The number of anilines is 2. The highest BCUT2D eigenvalue weighted by atomic mass is 32.1. The third-order valence-corrected chi connectivity index (χ3v) is 3.81. The Morgan fingerprint density at radius 3 is 3.00 bits per heavy atom. The van der Waals surface area contributed by atoms with E-state index in [2.05, 4.69) is 15.7 Å². The Morgan fingerprint density at radius 2 is 2.35 bits per heavy atom. The number of rotatable bonds is 6. The van der Waals surface area contributed by atoms with Gasteiger partial charge in [-0.15, -0.1) is 11.3 Å². The fourth-order valence-corrected chi connectivity index (χ4v) is 2.72. The van der Waals surface area contributed by atoms with Crippen LogP contribution >= 0.6 is 11.3 Å². The third-order valence-electron chi connectivity index (χ3n) is 2.71. The summed E-state index contributed by atoms with van der Waals surface area (Å²) in [6.45, 7) is 5.98. The largest absolute Gasteiger partial charge is 0.397 e. The van der Waals surface area contributed by atoms with Crippen LogP contribution in [-0.4, -0.2) is 28.8 Å². The van der Waals surface area contributed by atoms with Gasteiger partial charge in [0.25, 0.3) is 5.91 Å². The van der Waals surface area contributed by atoms with E-state index in [0.717, 1.165) is 23.7 Å². The normalized spacial score (nSPS) is 10.5. The van der Waals surface area contributed by atoms with Gasteiger partial charge in [0.2, 0.25) is 0 Å². The van der Waals surface area contributed by atoms with Gasteiger partial charge in [-0.3, -0.25) is 9.48 Å². The average Bonchev–Trinajstić information content (AvgIpc) is 2.96. The molecule has 4 N–H and O–H groups in total. The van der Waals surface area contributed by atoms with Gasteiger partial charge in [0, 0.05) is 19.3 Å². The summed E-state index contributed by atoms with van der Waals surface area (Å²) in [7, 11) is 0. The average molecular weight is 293 g/mol. The number of carbonyl (C=O) groups excluding carboxylic acids is 1. The quantitative estimate of drug-likeness (QED) is 0.756. The molecule has 0 saturated heterocycles. The Bertz CT molecular complexity index is 589. The van der Waals surface area contributed by atoms with Crippen LogP contribution in [0.15, 0.2) is 18.5 Å². The van der Waals surface area contributed by atoms with E-state index in [1.54, 1.807) is 6.07 Å². The van der Waals surface area contributed by atoms with Gasteiger partial charge in [-0.1, -0.05) is 0 Å². The number of thiophene rings is 1. The first kappa shape index (κ1) is 14.4. The fourth-order valence-electron chi connectivity index (χ4n) is 1.79. The number of hydrogen-bond donors (Lipinski definition) is 3. The third kappa shape index (κ3) is 3.51. The summed E-state index contributed by atoms with van der Waals surface area (Å²) in [5.41, 5.74) is 7.51. The molecule has 6 nitrogen and oxygen atoms in total. The first-order chi connectivity index (χ1) is 9.60. The smallest absolute Gasteiger partial charge is 0.263 e. The molecule has 1 amide bonds. The van der Waals surface area contributed by atoms with E-state index >= 15 is 0 Å². The van der Waals surface area contributed by atoms with Crippen molar-refractivity contribution in [3.05, 3.63) is 28.9 Å². The van der Waals surface area contributed by atoms with Crippen molar-refractivity contribution in [3.8, 4) is 0 Å². The highest BCUT2D eigenvalue weighted by Crippen LogP contribution is 2.28. The summed E-state index contributed by atoms with van der Waals surface area (Å²) >= 11 is 1.37. The molecule has 0 radical (unpaired) electrons. The van der Waals surface area contributed by atoms with Crippen LogP contribution in [0.1, 0.15) is 22.2 Å². The Balaban J connectivity index is 1.90. The standard InChI is InChI=1S/C13H19N5OS/c1-3-15-13(19)12-10(14)6-11(20-12)16-4-5-18-8-9(2)7-17-18/h6-8,16H,3-5,14H2,1-2H3,(H,15,19). The number of hydrogen-bond acceptors (Lipinski definition) is 5. The SMILES string of the molecule is CCNC(=O)c1sc(NCCn2cc(C)cn2)cc1N. The number of nitrogens with one attached hydrogen (secondary N) is 2. The summed E-state index contributed by atoms with van der Waals surface area (Å²) in [6.07, 6.45) is 3.82. The van der Waals surface area contributed by atoms with Crippen molar-refractivity contribution in [2.75, 3.05) is 24.1 Å². The summed E-state index contributed by atoms with van der Waals surface area (Å²) in [5.74, 6) is -0.120. The van der Waals surface area contributed by atoms with Gasteiger partial charge in [0.15, 0.2) is 0 Å². The van der Waals surface area contributed by atoms with Crippen LogP contribution in [0.5, 0.6) is 0 Å². The van der Waals surface area contributed by atoms with Crippen LogP contribution in [-0.2, 0) is 6.54 Å². The monoisotopic (exact) mass is 293 g/mol. The maximum atomic E-state index is 11.8. The minimum atomic E-state index is -0.120. The minimum Gasteiger partial charge on any atom is -0.397 e. The molecule has 0 spiro atoms. The van der Waals surface area contributed by atoms with Crippen molar-refractivity contribution in [2.24, 2.45) is 0 Å². The highest BCUT2D eigenvalue weighted by molar-refractivity contribution is 7.18. The molecular formula is C13H19N5OS. The van der Waals surface area contributed by atoms with Crippen molar-refractivity contribution in [2.45, 2.75) is 20.4 Å². The lowest BCUT2D eigenvalue weighted by molar-refractivity contribution is 0.0960. The second kappa shape index (κ2) is 6.42. The van der Waals surface area contributed by atoms with Gasteiger partial charge in [-0.05, 0) is 25.5 Å². The predicted octanol–water partition coefficient (Wildman–Crippen LogP) is 1.70. The second-order valence-electron chi connectivity index (χ2n) is 4.46. The van der Waals surface area contributed by atoms with Crippen molar-refractivity contribution in [1.29, 1.82) is 0 Å². The van der Waals surface area contributed by atoms with E-state index in [-0.39, 0.29) is 5.91 Å². The number of nitrogens with two attached hydrogens (primary N) is 1. The van der Waals surface area contributed by atoms with Crippen LogP contribution in [0.25, 0.3) is 0 Å². The summed E-state index contributed by atoms with van der Waals surface area (Å²) in [5, 5.41) is 11.1. The molecule has 2 rings (SSSR count). The van der Waals surface area contributed by atoms with Gasteiger partial charge in [0.1, 0.15) is 4.88 Å². The van der Waals surface area contributed by atoms with E-state index in [4.69, 9.17) is 5.73 Å². The van der Waals surface area contributed by atoms with E-state index in [0.29, 0.717) is 17.1 Å². The van der Waals surface area contributed by atoms with Crippen LogP contribution in [0.3, 0.4) is 0 Å². The molecule has 0 unspecified atom stereocenters. The first-order valence-corrected chi connectivity index (χ1v) is 7.32. The topological polar surface area (TPSA) is 85.0 Å². The van der Waals surface area contributed by atoms with E-state index in [1.807, 2.05) is 30.9 Å². The second-order valence-corrected chi connectivity index (χ2v) is 5.51. The molecule has 108 valence electrons. The Hall–Kier alpha value is -2.02. The molecular weight excluding hydrogens is 274 g/mol. The maximum absolute atomic E-state index is 11.8. The zero-order valence-electron chi connectivity index (χ0n) is 11.6. The Morgan fingerprint density at radius 1 is 1.55 bits per heavy atom. The maximum Gasteiger partial charge on any atom is 0.263 e. The van der Waals surface area contributed by atoms with E-state index in [1.165, 1.54) is 11.3 Å². The van der Waals surface area contributed by atoms with Crippen LogP contribution < -0.4 is 16.4 Å². The summed E-state index contributed by atoms with van der Waals surface area (Å²) in [4.78, 5) is 12.3. The predicted molar refractivity (Wildman–Crippen MR) is 82.2 cm³/mol. The molecule has 0 aliphatic carbocycles. The van der Waals surface area contributed by atoms with Crippen LogP contribution in [0.2, 0.25) is 0 Å². The lowest BCUT2D eigenvalue weighted by atomic mass is 10.3. The number of amides is 1. The molecule has 0 aliphatic rings. The molecule has 7 heteroatoms. The summed E-state index contributed by atoms with van der Waals surface area (Å²) < 4.78 is 1.88. The van der Waals surface area contributed by atoms with Gasteiger partial charge >= 0.3 is 0 Å². The van der Waals surface area contributed by atoms with Crippen molar-refractivity contribution in [3.63, 3.8) is 0 Å². The van der Waals surface area contributed by atoms with Gasteiger partial charge in [0.05, 0.1) is 23.4 Å². The Kier molecular flexibility index (Phi) is 4.62. The number of nitrogen functional groups attached to an aromatic ring is 1. The van der Waals surface area contributed by atoms with E-state index < -0.39 is 0 Å². The molecule has 0 bridgehead atoms. The number of aryl methyl sites for hydroxylation is 1. The van der Waals surface area contributed by atoms with Gasteiger partial charge in [-0.2, -0.15) is 5.10 Å². The van der Waals surface area contributed by atoms with Gasteiger partial charge in [-0.25, -0.2) is 0 Å². The molecule has 0 atom stereocenters. The molecule has 20 heavy (non-hydrogen) atoms. The molecule has 2 aromatic rings. The number of nitrogens with zero attached hydrogens (tertiary/aromatic N) is 2. The van der Waals surface area contributed by atoms with Crippen molar-refractivity contribution in [1.82, 2.24) is 15.1 Å². The van der Waals surface area contributed by atoms with Crippen LogP contribution in [0.4, 0.5) is 10.7 Å². The van der Waals surface area contributed by atoms with Crippen LogP contribution in [0, 0.1) is 6.92 Å². The fraction of sp³-hybridized carbons (Fsp3) is 0.385. The Labute approximate surface area is 122 Å². The van der Waals surface area contributed by atoms with Crippen molar-refractivity contribution >= 4 is 27.9 Å². The molecule has 2 aromatic heterocycles. The summed E-state index contributed by atoms with van der Waals surface area (Å²) in [6, 6.07) is 1.80. The zero-order valence-corrected chi connectivity index (χ0v) is 12.5. The first-order valence-electron chi connectivity index (χ1n) is 6.50. The minimum absolute atomic E-state index is 0.120. The van der Waals surface area contributed by atoms with Crippen molar-refractivity contribution < 1.29 is 4.79 Å². The molecule has 0 aliphatic heterocycles. The highest BCUT2D eigenvalue weighted by Gasteiger charge is 2.13.